The summed E-state index contributed by atoms with van der Waals surface area (Å²) in [6.07, 6.45) is 0. The Kier molecular flexibility index (Phi) is 2.65. The number of nitrogens with zero attached hydrogens (tertiary/aromatic N) is 1. The molecule has 0 aliphatic carbocycles. The zero-order valence-corrected chi connectivity index (χ0v) is 7.40. The summed E-state index contributed by atoms with van der Waals surface area (Å²) in [6, 6.07) is 4.57. The summed E-state index contributed by atoms with van der Waals surface area (Å²) in [7, 11) is -5.24. The van der Waals surface area contributed by atoms with Gasteiger partial charge in [0.25, 0.3) is 0 Å². The summed E-state index contributed by atoms with van der Waals surface area (Å²) in [6.45, 7) is 0. The second kappa shape index (κ2) is 3.58. The van der Waals surface area contributed by atoms with E-state index < -0.39 is 26.9 Å². The van der Waals surface area contributed by atoms with Crippen molar-refractivity contribution in [3.05, 3.63) is 34.4 Å². The van der Waals surface area contributed by atoms with Gasteiger partial charge in [0.15, 0.2) is 0 Å². The molecule has 0 heterocycles. The van der Waals surface area contributed by atoms with Crippen molar-refractivity contribution in [1.82, 2.24) is 0 Å². The molecule has 0 aliphatic rings. The topological polar surface area (TPSA) is 86.5 Å². The summed E-state index contributed by atoms with van der Waals surface area (Å²) in [5.41, 5.74) is -0.617. The Labute approximate surface area is 78.5 Å². The van der Waals surface area contributed by atoms with E-state index in [0.717, 1.165) is 12.1 Å². The third-order valence-electron chi connectivity index (χ3n) is 1.25. The first kappa shape index (κ1) is 10.4. The smallest absolute Gasteiger partial charge is 0.351 e. The van der Waals surface area contributed by atoms with E-state index in [0.29, 0.717) is 0 Å². The first-order valence-electron chi connectivity index (χ1n) is 3.27. The number of hydrogen-bond donors (Lipinski definition) is 0. The molecule has 1 aromatic rings. The van der Waals surface area contributed by atoms with Crippen LogP contribution in [0.4, 0.5) is 9.57 Å². The van der Waals surface area contributed by atoms with Gasteiger partial charge >= 0.3 is 16.2 Å². The molecule has 0 unspecified atom stereocenters. The van der Waals surface area contributed by atoms with Crippen molar-refractivity contribution in [3.8, 4) is 5.75 Å². The first-order valence-corrected chi connectivity index (χ1v) is 4.58. The molecule has 1 aromatic carbocycles. The lowest BCUT2D eigenvalue weighted by atomic mass is 10.3. The molecule has 0 atom stereocenters. The average molecular weight is 221 g/mol. The second-order valence-electron chi connectivity index (χ2n) is 2.20. The van der Waals surface area contributed by atoms with Gasteiger partial charge in [0.1, 0.15) is 0 Å². The van der Waals surface area contributed by atoms with Gasteiger partial charge in [0.2, 0.25) is 5.75 Å². The molecule has 0 amide bonds. The zero-order chi connectivity index (χ0) is 10.8. The Morgan fingerprint density at radius 3 is 2.43 bits per heavy atom. The van der Waals surface area contributed by atoms with Gasteiger partial charge in [-0.05, 0) is 6.07 Å². The van der Waals surface area contributed by atoms with Crippen molar-refractivity contribution < 1.29 is 21.4 Å². The van der Waals surface area contributed by atoms with Gasteiger partial charge in [0, 0.05) is 6.07 Å². The lowest BCUT2D eigenvalue weighted by Gasteiger charge is -1.99. The molecule has 8 heteroatoms. The number of hydrogen-bond acceptors (Lipinski definition) is 5. The van der Waals surface area contributed by atoms with Crippen LogP contribution >= 0.6 is 0 Å². The van der Waals surface area contributed by atoms with E-state index in [1.54, 1.807) is 0 Å². The number of nitro groups is 1. The highest BCUT2D eigenvalue weighted by atomic mass is 32.3. The highest BCUT2D eigenvalue weighted by Gasteiger charge is 2.19. The Morgan fingerprint density at radius 1 is 1.36 bits per heavy atom. The van der Waals surface area contributed by atoms with Crippen LogP contribution in [0.1, 0.15) is 0 Å². The van der Waals surface area contributed by atoms with Crippen LogP contribution in [0, 0.1) is 10.1 Å². The van der Waals surface area contributed by atoms with Crippen LogP contribution in [-0.4, -0.2) is 13.3 Å². The SMILES string of the molecule is O=[N+]([O-])c1ccccc1OS(=O)(=O)F. The van der Waals surface area contributed by atoms with E-state index in [1.807, 2.05) is 0 Å². The minimum absolute atomic E-state index is 0.617. The minimum atomic E-state index is -5.24. The minimum Gasteiger partial charge on any atom is -0.351 e. The van der Waals surface area contributed by atoms with Gasteiger partial charge in [-0.2, -0.15) is 8.42 Å². The molecule has 0 bridgehead atoms. The lowest BCUT2D eigenvalue weighted by Crippen LogP contribution is -2.03. The van der Waals surface area contributed by atoms with E-state index in [9.17, 15) is 22.4 Å². The third kappa shape index (κ3) is 2.66. The summed E-state index contributed by atoms with van der Waals surface area (Å²) < 4.78 is 35.9. The van der Waals surface area contributed by atoms with E-state index in [1.165, 1.54) is 12.1 Å². The Hall–Kier alpha value is -1.70. The fourth-order valence-corrected chi connectivity index (χ4v) is 1.14. The molecule has 0 radical (unpaired) electrons. The first-order chi connectivity index (χ1) is 6.40. The van der Waals surface area contributed by atoms with E-state index in [-0.39, 0.29) is 0 Å². The molecule has 0 aliphatic heterocycles. The number of para-hydroxylation sites is 2. The molecule has 0 spiro atoms. The van der Waals surface area contributed by atoms with Gasteiger partial charge in [0.05, 0.1) is 4.92 Å². The Bertz CT molecular complexity index is 457. The quantitative estimate of drug-likeness (QED) is 0.434. The van der Waals surface area contributed by atoms with Gasteiger partial charge in [-0.25, -0.2) is 0 Å². The maximum Gasteiger partial charge on any atom is 0.488 e. The molecule has 0 saturated carbocycles. The molecule has 14 heavy (non-hydrogen) atoms. The predicted molar refractivity (Wildman–Crippen MR) is 43.8 cm³/mol. The van der Waals surface area contributed by atoms with E-state index in [2.05, 4.69) is 4.18 Å². The summed E-state index contributed by atoms with van der Waals surface area (Å²) in [4.78, 5) is 9.44. The predicted octanol–water partition coefficient (Wildman–Crippen LogP) is 1.19. The van der Waals surface area contributed by atoms with E-state index >= 15 is 0 Å². The summed E-state index contributed by atoms with van der Waals surface area (Å²) in [5, 5.41) is 10.3. The van der Waals surface area contributed by atoms with Crippen molar-refractivity contribution in [2.75, 3.05) is 0 Å². The van der Waals surface area contributed by atoms with Crippen molar-refractivity contribution >= 4 is 16.2 Å². The molecule has 0 N–H and O–H groups in total. The van der Waals surface area contributed by atoms with Gasteiger partial charge in [-0.1, -0.05) is 16.0 Å². The Balaban J connectivity index is 3.15. The molecule has 76 valence electrons. The summed E-state index contributed by atoms with van der Waals surface area (Å²) >= 11 is 0. The molecule has 0 saturated heterocycles. The monoisotopic (exact) mass is 221 g/mol. The zero-order valence-electron chi connectivity index (χ0n) is 6.58. The van der Waals surface area contributed by atoms with Crippen LogP contribution in [0.15, 0.2) is 24.3 Å². The third-order valence-corrected chi connectivity index (χ3v) is 1.63. The number of halogens is 1. The average Bonchev–Trinajstić information content (AvgIpc) is 2.01. The molecule has 1 rings (SSSR count). The lowest BCUT2D eigenvalue weighted by molar-refractivity contribution is -0.385. The Morgan fingerprint density at radius 2 is 1.93 bits per heavy atom. The summed E-state index contributed by atoms with van der Waals surface area (Å²) in [5.74, 6) is -0.653. The van der Waals surface area contributed by atoms with Crippen LogP contribution < -0.4 is 4.18 Å². The highest BCUT2D eigenvalue weighted by Crippen LogP contribution is 2.27. The van der Waals surface area contributed by atoms with Crippen molar-refractivity contribution in [3.63, 3.8) is 0 Å². The number of nitro benzene ring substituents is 1. The highest BCUT2D eigenvalue weighted by molar-refractivity contribution is 7.81. The molecule has 0 aromatic heterocycles. The van der Waals surface area contributed by atoms with Crippen LogP contribution in [0.2, 0.25) is 0 Å². The van der Waals surface area contributed by atoms with Crippen LogP contribution in [0.3, 0.4) is 0 Å². The number of rotatable bonds is 3. The molecular formula is C6H4FNO5S. The normalized spacial score (nSPS) is 10.9. The van der Waals surface area contributed by atoms with Gasteiger partial charge in [-0.3, -0.25) is 10.1 Å². The van der Waals surface area contributed by atoms with Crippen LogP contribution in [0.5, 0.6) is 5.75 Å². The standard InChI is InChI=1S/C6H4FNO5S/c7-14(11,12)13-6-4-2-1-3-5(6)8(9)10/h1-4H. The maximum absolute atomic E-state index is 12.0. The molecular weight excluding hydrogens is 217 g/mol. The number of benzene rings is 1. The van der Waals surface area contributed by atoms with Crippen molar-refractivity contribution in [2.45, 2.75) is 0 Å². The molecule has 0 fully saturated rings. The van der Waals surface area contributed by atoms with Crippen LogP contribution in [-0.2, 0) is 10.5 Å². The molecule has 6 nitrogen and oxygen atoms in total. The van der Waals surface area contributed by atoms with Crippen molar-refractivity contribution in [1.29, 1.82) is 0 Å². The van der Waals surface area contributed by atoms with Gasteiger partial charge in [-0.15, -0.1) is 0 Å². The fraction of sp³-hybridized carbons (Fsp3) is 0. The van der Waals surface area contributed by atoms with Gasteiger partial charge < -0.3 is 4.18 Å². The largest absolute Gasteiger partial charge is 0.488 e. The fourth-order valence-electron chi connectivity index (χ4n) is 0.786. The maximum atomic E-state index is 12.0. The van der Waals surface area contributed by atoms with Crippen molar-refractivity contribution in [2.24, 2.45) is 0 Å². The van der Waals surface area contributed by atoms with Crippen LogP contribution in [0.25, 0.3) is 0 Å². The second-order valence-corrected chi connectivity index (χ2v) is 3.15. The van der Waals surface area contributed by atoms with E-state index in [4.69, 9.17) is 0 Å².